The van der Waals surface area contributed by atoms with Crippen LogP contribution in [0.3, 0.4) is 0 Å². The Morgan fingerprint density at radius 2 is 2.36 bits per heavy atom. The van der Waals surface area contributed by atoms with Crippen molar-refractivity contribution < 1.29 is 9.15 Å². The first-order chi connectivity index (χ1) is 5.27. The van der Waals surface area contributed by atoms with Gasteiger partial charge >= 0.3 is 0 Å². The fraction of sp³-hybridized carbons (Fsp3) is 0.500. The summed E-state index contributed by atoms with van der Waals surface area (Å²) in [6, 6.07) is 1.95. The molecule has 0 aliphatic rings. The van der Waals surface area contributed by atoms with Crippen molar-refractivity contribution in [3.8, 4) is 0 Å². The van der Waals surface area contributed by atoms with E-state index in [9.17, 15) is 0 Å². The molecule has 0 fully saturated rings. The minimum Gasteiger partial charge on any atom is -0.462 e. The van der Waals surface area contributed by atoms with Crippen molar-refractivity contribution in [3.05, 3.63) is 23.2 Å². The summed E-state index contributed by atoms with van der Waals surface area (Å²) in [5.41, 5.74) is 6.52. The number of hydrogen-bond acceptors (Lipinski definition) is 3. The van der Waals surface area contributed by atoms with Gasteiger partial charge in [-0.05, 0) is 18.6 Å². The first-order valence-corrected chi connectivity index (χ1v) is 3.55. The third kappa shape index (κ3) is 1.82. The molecule has 62 valence electrons. The van der Waals surface area contributed by atoms with E-state index in [-0.39, 0.29) is 0 Å². The van der Waals surface area contributed by atoms with Crippen LogP contribution in [0.1, 0.15) is 17.1 Å². The molecule has 0 aromatic carbocycles. The Hall–Kier alpha value is -0.800. The van der Waals surface area contributed by atoms with Crippen molar-refractivity contribution in [1.29, 1.82) is 0 Å². The van der Waals surface area contributed by atoms with Crippen molar-refractivity contribution >= 4 is 0 Å². The molecule has 3 nitrogen and oxygen atoms in total. The van der Waals surface area contributed by atoms with E-state index >= 15 is 0 Å². The standard InChI is InChI=1S/C8H13NO2/c1-6-3-7(5-10-2)11-8(6)4-9/h3H,4-5,9H2,1-2H3. The van der Waals surface area contributed by atoms with E-state index in [1.807, 2.05) is 13.0 Å². The topological polar surface area (TPSA) is 48.4 Å². The Morgan fingerprint density at radius 3 is 2.82 bits per heavy atom. The highest BCUT2D eigenvalue weighted by atomic mass is 16.5. The van der Waals surface area contributed by atoms with E-state index in [4.69, 9.17) is 14.9 Å². The van der Waals surface area contributed by atoms with Gasteiger partial charge in [0.25, 0.3) is 0 Å². The van der Waals surface area contributed by atoms with Crippen molar-refractivity contribution in [2.24, 2.45) is 5.73 Å². The molecule has 0 saturated carbocycles. The molecular formula is C8H13NO2. The zero-order chi connectivity index (χ0) is 8.27. The number of hydrogen-bond donors (Lipinski definition) is 1. The van der Waals surface area contributed by atoms with Gasteiger partial charge in [-0.3, -0.25) is 0 Å². The molecular weight excluding hydrogens is 142 g/mol. The lowest BCUT2D eigenvalue weighted by Gasteiger charge is -1.92. The van der Waals surface area contributed by atoms with Crippen LogP contribution in [0, 0.1) is 6.92 Å². The summed E-state index contributed by atoms with van der Waals surface area (Å²) >= 11 is 0. The second-order valence-electron chi connectivity index (χ2n) is 2.46. The van der Waals surface area contributed by atoms with Gasteiger partial charge in [0.05, 0.1) is 6.54 Å². The quantitative estimate of drug-likeness (QED) is 0.713. The molecule has 1 aromatic rings. The van der Waals surface area contributed by atoms with Gasteiger partial charge in [-0.1, -0.05) is 0 Å². The zero-order valence-corrected chi connectivity index (χ0v) is 6.89. The molecule has 0 atom stereocenters. The van der Waals surface area contributed by atoms with Crippen LogP contribution in [-0.2, 0) is 17.9 Å². The lowest BCUT2D eigenvalue weighted by atomic mass is 10.3. The summed E-state index contributed by atoms with van der Waals surface area (Å²) < 4.78 is 10.3. The SMILES string of the molecule is COCc1cc(C)c(CN)o1. The van der Waals surface area contributed by atoms with E-state index in [0.717, 1.165) is 17.1 Å². The van der Waals surface area contributed by atoms with Crippen molar-refractivity contribution in [1.82, 2.24) is 0 Å². The first-order valence-electron chi connectivity index (χ1n) is 3.55. The van der Waals surface area contributed by atoms with Crippen LogP contribution < -0.4 is 5.73 Å². The van der Waals surface area contributed by atoms with Crippen LogP contribution in [0.5, 0.6) is 0 Å². The molecule has 1 heterocycles. The van der Waals surface area contributed by atoms with Crippen molar-refractivity contribution in [3.63, 3.8) is 0 Å². The maximum atomic E-state index is 5.43. The predicted molar refractivity (Wildman–Crippen MR) is 42.0 cm³/mol. The molecule has 1 rings (SSSR count). The predicted octanol–water partition coefficient (Wildman–Crippen LogP) is 1.19. The fourth-order valence-corrected chi connectivity index (χ4v) is 1.01. The summed E-state index contributed by atoms with van der Waals surface area (Å²) in [4.78, 5) is 0. The molecule has 1 aromatic heterocycles. The van der Waals surface area contributed by atoms with Crippen LogP contribution in [0.15, 0.2) is 10.5 Å². The number of rotatable bonds is 3. The number of aryl methyl sites for hydroxylation is 1. The molecule has 0 saturated heterocycles. The molecule has 0 amide bonds. The molecule has 0 bridgehead atoms. The van der Waals surface area contributed by atoms with E-state index in [1.54, 1.807) is 7.11 Å². The fourth-order valence-electron chi connectivity index (χ4n) is 1.01. The van der Waals surface area contributed by atoms with Gasteiger partial charge in [0.2, 0.25) is 0 Å². The van der Waals surface area contributed by atoms with Crippen LogP contribution in [0.4, 0.5) is 0 Å². The summed E-state index contributed by atoms with van der Waals surface area (Å²) in [5, 5.41) is 0. The minimum atomic E-state index is 0.454. The molecule has 2 N–H and O–H groups in total. The molecule has 0 radical (unpaired) electrons. The van der Waals surface area contributed by atoms with Gasteiger partial charge < -0.3 is 14.9 Å². The van der Waals surface area contributed by atoms with Gasteiger partial charge in [0, 0.05) is 7.11 Å². The second kappa shape index (κ2) is 3.55. The lowest BCUT2D eigenvalue weighted by Crippen LogP contribution is -1.95. The largest absolute Gasteiger partial charge is 0.462 e. The summed E-state index contributed by atoms with van der Waals surface area (Å²) in [6.07, 6.45) is 0. The first kappa shape index (κ1) is 8.30. The van der Waals surface area contributed by atoms with E-state index in [1.165, 1.54) is 0 Å². The van der Waals surface area contributed by atoms with E-state index in [0.29, 0.717) is 13.2 Å². The third-order valence-corrected chi connectivity index (χ3v) is 1.54. The second-order valence-corrected chi connectivity index (χ2v) is 2.46. The normalized spacial score (nSPS) is 10.5. The Bertz CT molecular complexity index is 230. The van der Waals surface area contributed by atoms with Crippen LogP contribution in [0.2, 0.25) is 0 Å². The summed E-state index contributed by atoms with van der Waals surface area (Å²) in [6.45, 7) is 2.95. The Morgan fingerprint density at radius 1 is 1.64 bits per heavy atom. The highest BCUT2D eigenvalue weighted by molar-refractivity contribution is 5.19. The number of furan rings is 1. The molecule has 11 heavy (non-hydrogen) atoms. The Labute approximate surface area is 66.1 Å². The maximum absolute atomic E-state index is 5.43. The van der Waals surface area contributed by atoms with Crippen LogP contribution in [0.25, 0.3) is 0 Å². The third-order valence-electron chi connectivity index (χ3n) is 1.54. The number of ether oxygens (including phenoxy) is 1. The molecule has 0 aliphatic carbocycles. The summed E-state index contributed by atoms with van der Waals surface area (Å²) in [5.74, 6) is 1.68. The maximum Gasteiger partial charge on any atom is 0.130 e. The van der Waals surface area contributed by atoms with Gasteiger partial charge in [-0.25, -0.2) is 0 Å². The molecule has 0 spiro atoms. The van der Waals surface area contributed by atoms with Crippen LogP contribution >= 0.6 is 0 Å². The average molecular weight is 155 g/mol. The average Bonchev–Trinajstić information content (AvgIpc) is 2.32. The smallest absolute Gasteiger partial charge is 0.130 e. The van der Waals surface area contributed by atoms with Crippen molar-refractivity contribution in [2.45, 2.75) is 20.1 Å². The van der Waals surface area contributed by atoms with Crippen molar-refractivity contribution in [2.75, 3.05) is 7.11 Å². The van der Waals surface area contributed by atoms with Gasteiger partial charge in [-0.15, -0.1) is 0 Å². The van der Waals surface area contributed by atoms with Gasteiger partial charge in [0.15, 0.2) is 0 Å². The molecule has 0 aliphatic heterocycles. The highest BCUT2D eigenvalue weighted by Gasteiger charge is 2.04. The van der Waals surface area contributed by atoms with Gasteiger partial charge in [0.1, 0.15) is 18.1 Å². The molecule has 3 heteroatoms. The molecule has 0 unspecified atom stereocenters. The van der Waals surface area contributed by atoms with Gasteiger partial charge in [-0.2, -0.15) is 0 Å². The van der Waals surface area contributed by atoms with E-state index in [2.05, 4.69) is 0 Å². The van der Waals surface area contributed by atoms with E-state index < -0.39 is 0 Å². The highest BCUT2D eigenvalue weighted by Crippen LogP contribution is 2.14. The summed E-state index contributed by atoms with van der Waals surface area (Å²) in [7, 11) is 1.64. The zero-order valence-electron chi connectivity index (χ0n) is 6.89. The number of methoxy groups -OCH3 is 1. The van der Waals surface area contributed by atoms with Crippen LogP contribution in [-0.4, -0.2) is 7.11 Å². The Balaban J connectivity index is 2.77. The lowest BCUT2D eigenvalue weighted by molar-refractivity contribution is 0.162. The minimum absolute atomic E-state index is 0.454. The number of nitrogens with two attached hydrogens (primary N) is 1. The Kier molecular flexibility index (Phi) is 2.68. The monoisotopic (exact) mass is 155 g/mol.